The molecule has 1 heterocycles. The molecule has 5 fully saturated rings. The molecule has 1 saturated heterocycles. The van der Waals surface area contributed by atoms with Crippen LogP contribution in [0.4, 0.5) is 0 Å². The topological polar surface area (TPSA) is 41.1 Å². The summed E-state index contributed by atoms with van der Waals surface area (Å²) in [6.45, 7) is 4.25. The number of hydrogen-bond donors (Lipinski definition) is 2. The summed E-state index contributed by atoms with van der Waals surface area (Å²) in [4.78, 5) is 12.6. The Morgan fingerprint density at radius 1 is 1.14 bits per heavy atom. The molecule has 5 aliphatic rings. The van der Waals surface area contributed by atoms with E-state index in [1.807, 2.05) is 0 Å². The van der Waals surface area contributed by atoms with E-state index in [4.69, 9.17) is 0 Å². The molecule has 1 amide bonds. The zero-order valence-electron chi connectivity index (χ0n) is 13.4. The third-order valence-electron chi connectivity index (χ3n) is 7.03. The summed E-state index contributed by atoms with van der Waals surface area (Å²) in [7, 11) is 0. The average Bonchev–Trinajstić information content (AvgIpc) is 2.46. The number of rotatable bonds is 3. The van der Waals surface area contributed by atoms with Crippen molar-refractivity contribution in [3.8, 4) is 0 Å². The molecule has 4 saturated carbocycles. The van der Waals surface area contributed by atoms with Crippen LogP contribution < -0.4 is 10.6 Å². The van der Waals surface area contributed by atoms with E-state index in [-0.39, 0.29) is 5.92 Å². The SMILES string of the molecule is C[C@@H](NC(=O)[C@@H]1CCCNC1)C12CC3CC(CC(C3)C1)C2. The van der Waals surface area contributed by atoms with Crippen LogP contribution in [0.5, 0.6) is 0 Å². The van der Waals surface area contributed by atoms with Crippen molar-refractivity contribution in [2.45, 2.75) is 64.3 Å². The molecule has 3 nitrogen and oxygen atoms in total. The highest BCUT2D eigenvalue weighted by Gasteiger charge is 2.53. The molecule has 0 aromatic carbocycles. The highest BCUT2D eigenvalue weighted by Crippen LogP contribution is 2.61. The van der Waals surface area contributed by atoms with Gasteiger partial charge in [0.05, 0.1) is 5.92 Å². The summed E-state index contributed by atoms with van der Waals surface area (Å²) in [5, 5.41) is 6.79. The largest absolute Gasteiger partial charge is 0.353 e. The Balaban J connectivity index is 1.42. The Kier molecular flexibility index (Phi) is 3.52. The summed E-state index contributed by atoms with van der Waals surface area (Å²) >= 11 is 0. The monoisotopic (exact) mass is 290 g/mol. The Hall–Kier alpha value is -0.570. The second-order valence-corrected chi connectivity index (χ2v) is 8.55. The van der Waals surface area contributed by atoms with Crippen LogP contribution in [-0.2, 0) is 4.79 Å². The fourth-order valence-electron chi connectivity index (χ4n) is 6.27. The predicted molar refractivity (Wildman–Crippen MR) is 83.8 cm³/mol. The van der Waals surface area contributed by atoms with Crippen LogP contribution in [0.3, 0.4) is 0 Å². The van der Waals surface area contributed by atoms with Crippen molar-refractivity contribution in [3.63, 3.8) is 0 Å². The predicted octanol–water partition coefficient (Wildman–Crippen LogP) is 2.71. The van der Waals surface area contributed by atoms with Gasteiger partial charge < -0.3 is 10.6 Å². The van der Waals surface area contributed by atoms with Crippen LogP contribution in [0.1, 0.15) is 58.3 Å². The lowest BCUT2D eigenvalue weighted by molar-refractivity contribution is -0.130. The minimum Gasteiger partial charge on any atom is -0.353 e. The molecule has 5 rings (SSSR count). The minimum absolute atomic E-state index is 0.204. The van der Waals surface area contributed by atoms with Crippen molar-refractivity contribution in [2.24, 2.45) is 29.1 Å². The zero-order valence-corrected chi connectivity index (χ0v) is 13.4. The molecular weight excluding hydrogens is 260 g/mol. The van der Waals surface area contributed by atoms with E-state index in [0.717, 1.165) is 43.7 Å². The van der Waals surface area contributed by atoms with Gasteiger partial charge in [0.25, 0.3) is 0 Å². The highest BCUT2D eigenvalue weighted by molar-refractivity contribution is 5.79. The number of nitrogens with one attached hydrogen (secondary N) is 2. The van der Waals surface area contributed by atoms with Crippen molar-refractivity contribution < 1.29 is 4.79 Å². The van der Waals surface area contributed by atoms with Crippen molar-refractivity contribution >= 4 is 5.91 Å². The quantitative estimate of drug-likeness (QED) is 0.839. The third-order valence-corrected chi connectivity index (χ3v) is 7.03. The second kappa shape index (κ2) is 5.26. The van der Waals surface area contributed by atoms with Gasteiger partial charge in [0.1, 0.15) is 0 Å². The maximum atomic E-state index is 12.6. The molecule has 3 heteroatoms. The smallest absolute Gasteiger partial charge is 0.224 e. The molecule has 2 N–H and O–H groups in total. The van der Waals surface area contributed by atoms with E-state index < -0.39 is 0 Å². The van der Waals surface area contributed by atoms with E-state index >= 15 is 0 Å². The first kappa shape index (κ1) is 14.0. The highest BCUT2D eigenvalue weighted by atomic mass is 16.2. The fraction of sp³-hybridized carbons (Fsp3) is 0.944. The molecule has 0 unspecified atom stereocenters. The van der Waals surface area contributed by atoms with Crippen LogP contribution in [0, 0.1) is 29.1 Å². The lowest BCUT2D eigenvalue weighted by atomic mass is 9.48. The van der Waals surface area contributed by atoms with E-state index in [2.05, 4.69) is 17.6 Å². The number of amides is 1. The summed E-state index contributed by atoms with van der Waals surface area (Å²) in [5.41, 5.74) is 0.437. The molecule has 4 aliphatic carbocycles. The van der Waals surface area contributed by atoms with Gasteiger partial charge in [-0.05, 0) is 88.0 Å². The number of carbonyl (C=O) groups excluding carboxylic acids is 1. The van der Waals surface area contributed by atoms with Gasteiger partial charge in [-0.1, -0.05) is 0 Å². The minimum atomic E-state index is 0.204. The van der Waals surface area contributed by atoms with Crippen molar-refractivity contribution in [2.75, 3.05) is 13.1 Å². The molecule has 21 heavy (non-hydrogen) atoms. The van der Waals surface area contributed by atoms with E-state index in [1.54, 1.807) is 0 Å². The molecule has 0 aromatic heterocycles. The van der Waals surface area contributed by atoms with Crippen molar-refractivity contribution in [3.05, 3.63) is 0 Å². The molecule has 0 spiro atoms. The number of hydrogen-bond acceptors (Lipinski definition) is 2. The van der Waals surface area contributed by atoms with Crippen LogP contribution in [0.2, 0.25) is 0 Å². The fourth-order valence-corrected chi connectivity index (χ4v) is 6.27. The molecule has 4 bridgehead atoms. The maximum Gasteiger partial charge on any atom is 0.224 e. The molecule has 1 aliphatic heterocycles. The summed E-state index contributed by atoms with van der Waals surface area (Å²) in [5.74, 6) is 3.41. The lowest BCUT2D eigenvalue weighted by Crippen LogP contribution is -2.57. The van der Waals surface area contributed by atoms with Gasteiger partial charge in [0.2, 0.25) is 5.91 Å². The lowest BCUT2D eigenvalue weighted by Gasteiger charge is -2.59. The van der Waals surface area contributed by atoms with Gasteiger partial charge in [-0.2, -0.15) is 0 Å². The normalized spacial score (nSPS) is 46.3. The van der Waals surface area contributed by atoms with Gasteiger partial charge in [0.15, 0.2) is 0 Å². The van der Waals surface area contributed by atoms with Gasteiger partial charge in [-0.3, -0.25) is 4.79 Å². The van der Waals surface area contributed by atoms with Crippen LogP contribution in [0.15, 0.2) is 0 Å². The summed E-state index contributed by atoms with van der Waals surface area (Å²) in [6.07, 6.45) is 10.8. The van der Waals surface area contributed by atoms with Gasteiger partial charge in [-0.15, -0.1) is 0 Å². The third kappa shape index (κ3) is 2.52. The Morgan fingerprint density at radius 2 is 1.76 bits per heavy atom. The van der Waals surface area contributed by atoms with Crippen LogP contribution >= 0.6 is 0 Å². The van der Waals surface area contributed by atoms with Gasteiger partial charge in [-0.25, -0.2) is 0 Å². The number of piperidine rings is 1. The van der Waals surface area contributed by atoms with Crippen LogP contribution in [0.25, 0.3) is 0 Å². The molecule has 0 aromatic rings. The number of carbonyl (C=O) groups is 1. The summed E-state index contributed by atoms with van der Waals surface area (Å²) in [6, 6.07) is 0.375. The second-order valence-electron chi connectivity index (χ2n) is 8.55. The first-order valence-electron chi connectivity index (χ1n) is 9.16. The van der Waals surface area contributed by atoms with Crippen molar-refractivity contribution in [1.29, 1.82) is 0 Å². The first-order valence-corrected chi connectivity index (χ1v) is 9.16. The first-order chi connectivity index (χ1) is 10.1. The Bertz CT molecular complexity index is 378. The maximum absolute atomic E-state index is 12.6. The molecule has 2 atom stereocenters. The Labute approximate surface area is 128 Å². The standard InChI is InChI=1S/C18H30N2O/c1-12(20-17(21)16-3-2-4-19-11-16)18-8-13-5-14(9-18)7-15(6-13)10-18/h12-16,19H,2-11H2,1H3,(H,20,21)/t12-,13?,14?,15?,16-,18?/m1/s1. The van der Waals surface area contributed by atoms with E-state index in [9.17, 15) is 4.79 Å². The molecule has 118 valence electrons. The van der Waals surface area contributed by atoms with E-state index in [0.29, 0.717) is 17.4 Å². The Morgan fingerprint density at radius 3 is 2.29 bits per heavy atom. The zero-order chi connectivity index (χ0) is 14.4. The van der Waals surface area contributed by atoms with Crippen molar-refractivity contribution in [1.82, 2.24) is 10.6 Å². The van der Waals surface area contributed by atoms with Gasteiger partial charge >= 0.3 is 0 Å². The molecular formula is C18H30N2O. The van der Waals surface area contributed by atoms with E-state index in [1.165, 1.54) is 38.5 Å². The molecule has 0 radical (unpaired) electrons. The van der Waals surface area contributed by atoms with Gasteiger partial charge in [0, 0.05) is 12.6 Å². The average molecular weight is 290 g/mol. The van der Waals surface area contributed by atoms with Crippen LogP contribution in [-0.4, -0.2) is 25.0 Å². The summed E-state index contributed by atoms with van der Waals surface area (Å²) < 4.78 is 0.